The summed E-state index contributed by atoms with van der Waals surface area (Å²) in [5.74, 6) is -0.580. The highest BCUT2D eigenvalue weighted by molar-refractivity contribution is 6.18. The number of hydrogen-bond acceptors (Lipinski definition) is 3. The van der Waals surface area contributed by atoms with Gasteiger partial charge in [0, 0.05) is 11.3 Å². The van der Waals surface area contributed by atoms with Crippen LogP contribution in [-0.4, -0.2) is 22.8 Å². The van der Waals surface area contributed by atoms with Crippen molar-refractivity contribution in [2.45, 2.75) is 43.6 Å². The van der Waals surface area contributed by atoms with Crippen LogP contribution in [0.15, 0.2) is 42.5 Å². The van der Waals surface area contributed by atoms with Gasteiger partial charge >= 0.3 is 0 Å². The van der Waals surface area contributed by atoms with Gasteiger partial charge in [-0.15, -0.1) is 0 Å². The Morgan fingerprint density at radius 2 is 1.58 bits per heavy atom. The van der Waals surface area contributed by atoms with Gasteiger partial charge in [0.1, 0.15) is 6.10 Å². The minimum absolute atomic E-state index is 0.0310. The zero-order valence-corrected chi connectivity index (χ0v) is 14.9. The molecule has 0 saturated heterocycles. The Balaban J connectivity index is 1.86. The Morgan fingerprint density at radius 1 is 0.923 bits per heavy atom. The van der Waals surface area contributed by atoms with E-state index in [1.807, 2.05) is 31.2 Å². The van der Waals surface area contributed by atoms with Crippen LogP contribution in [0.25, 0.3) is 0 Å². The molecule has 2 saturated carbocycles. The van der Waals surface area contributed by atoms with Gasteiger partial charge in [-0.05, 0) is 47.6 Å². The molecule has 2 aromatic carbocycles. The number of aryl methyl sites for hydroxylation is 2. The molecule has 4 aliphatic rings. The average Bonchev–Trinajstić information content (AvgIpc) is 3.29. The van der Waals surface area contributed by atoms with Crippen LogP contribution in [0.4, 0.5) is 0 Å². The minimum Gasteiger partial charge on any atom is -0.384 e. The van der Waals surface area contributed by atoms with Crippen LogP contribution < -0.4 is 0 Å². The first kappa shape index (κ1) is 14.9. The summed E-state index contributed by atoms with van der Waals surface area (Å²) in [6, 6.07) is 14.3. The van der Waals surface area contributed by atoms with E-state index in [-0.39, 0.29) is 11.6 Å². The standard InChI is InChI=1S/C23H20O3/c1-21-15-9-5-7-13-11-10-12-6-3-4-8-14(12)23(16(13)15)18(17(24)19(21)25)22(23,2)20(21)26/h3-9,18-19,25H,10-11H2,1-2H3/t18?,19-,21-,22-,23?/m0/s1. The zero-order chi connectivity index (χ0) is 18.1. The smallest absolute Gasteiger partial charge is 0.168 e. The van der Waals surface area contributed by atoms with Crippen LogP contribution >= 0.6 is 0 Å². The lowest BCUT2D eigenvalue weighted by atomic mass is 9.57. The van der Waals surface area contributed by atoms with Crippen LogP contribution in [0.2, 0.25) is 0 Å². The highest BCUT2D eigenvalue weighted by Crippen LogP contribution is 2.81. The molecule has 2 bridgehead atoms. The van der Waals surface area contributed by atoms with Crippen molar-refractivity contribution in [1.29, 1.82) is 0 Å². The van der Waals surface area contributed by atoms with E-state index < -0.39 is 28.3 Å². The molecule has 130 valence electrons. The quantitative estimate of drug-likeness (QED) is 0.799. The summed E-state index contributed by atoms with van der Waals surface area (Å²) >= 11 is 0. The summed E-state index contributed by atoms with van der Waals surface area (Å²) in [7, 11) is 0. The summed E-state index contributed by atoms with van der Waals surface area (Å²) in [6.45, 7) is 3.73. The SMILES string of the molecule is C[C@@]12C(=O)[C@]3(C)C(C(=O)[C@@H]1O)C31c3ccccc3CCc3cccc2c31. The molecule has 1 spiro atoms. The number of benzene rings is 2. The summed E-state index contributed by atoms with van der Waals surface area (Å²) in [5, 5.41) is 10.9. The van der Waals surface area contributed by atoms with Crippen molar-refractivity contribution in [2.75, 3.05) is 0 Å². The predicted octanol–water partition coefficient (Wildman–Crippen LogP) is 2.49. The number of fused-ring (bicyclic) bond motifs is 3. The second-order valence-electron chi connectivity index (χ2n) is 8.78. The lowest BCUT2D eigenvalue weighted by Crippen LogP contribution is -2.57. The first-order valence-corrected chi connectivity index (χ1v) is 9.39. The number of carbonyl (C=O) groups excluding carboxylic acids is 2. The lowest BCUT2D eigenvalue weighted by molar-refractivity contribution is -0.149. The Hall–Kier alpha value is -2.26. The highest BCUT2D eigenvalue weighted by Gasteiger charge is 2.89. The molecule has 5 atom stereocenters. The number of ketones is 2. The maximum absolute atomic E-state index is 13.7. The van der Waals surface area contributed by atoms with Gasteiger partial charge in [-0.25, -0.2) is 0 Å². The van der Waals surface area contributed by atoms with Crippen molar-refractivity contribution in [3.63, 3.8) is 0 Å². The summed E-state index contributed by atoms with van der Waals surface area (Å²) in [5.41, 5.74) is 3.12. The van der Waals surface area contributed by atoms with Crippen molar-refractivity contribution in [3.8, 4) is 0 Å². The molecule has 6 rings (SSSR count). The van der Waals surface area contributed by atoms with Gasteiger partial charge in [-0.1, -0.05) is 49.4 Å². The molecule has 2 unspecified atom stereocenters. The maximum Gasteiger partial charge on any atom is 0.168 e. The van der Waals surface area contributed by atoms with Gasteiger partial charge in [0.2, 0.25) is 0 Å². The Bertz CT molecular complexity index is 1050. The van der Waals surface area contributed by atoms with Gasteiger partial charge in [0.25, 0.3) is 0 Å². The first-order valence-electron chi connectivity index (χ1n) is 9.39. The molecule has 3 heteroatoms. The van der Waals surface area contributed by atoms with E-state index in [1.165, 1.54) is 11.1 Å². The van der Waals surface area contributed by atoms with Gasteiger partial charge < -0.3 is 5.11 Å². The monoisotopic (exact) mass is 344 g/mol. The molecular formula is C23H20O3. The second-order valence-corrected chi connectivity index (χ2v) is 8.78. The fourth-order valence-corrected chi connectivity index (χ4v) is 6.88. The molecule has 0 amide bonds. The van der Waals surface area contributed by atoms with E-state index in [0.717, 1.165) is 29.5 Å². The van der Waals surface area contributed by atoms with Crippen molar-refractivity contribution in [3.05, 3.63) is 70.3 Å². The molecule has 1 N–H and O–H groups in total. The molecule has 0 aliphatic heterocycles. The Kier molecular flexibility index (Phi) is 2.29. The van der Waals surface area contributed by atoms with Gasteiger partial charge in [-0.3, -0.25) is 9.59 Å². The lowest BCUT2D eigenvalue weighted by Gasteiger charge is -2.44. The van der Waals surface area contributed by atoms with Crippen LogP contribution in [0.3, 0.4) is 0 Å². The van der Waals surface area contributed by atoms with E-state index >= 15 is 0 Å². The number of rotatable bonds is 0. The molecule has 2 aromatic rings. The Morgan fingerprint density at radius 3 is 2.38 bits per heavy atom. The van der Waals surface area contributed by atoms with Crippen LogP contribution in [-0.2, 0) is 33.3 Å². The molecule has 26 heavy (non-hydrogen) atoms. The molecule has 0 aromatic heterocycles. The summed E-state index contributed by atoms with van der Waals surface area (Å²) in [6.07, 6.45) is 0.566. The zero-order valence-electron chi connectivity index (χ0n) is 14.9. The number of Topliss-reactive ketones (excluding diaryl/α,β-unsaturated/α-hetero) is 2. The molecule has 0 heterocycles. The van der Waals surface area contributed by atoms with E-state index in [2.05, 4.69) is 18.2 Å². The molecule has 2 fully saturated rings. The third-order valence-electron chi connectivity index (χ3n) is 8.00. The molecular weight excluding hydrogens is 324 g/mol. The average molecular weight is 344 g/mol. The van der Waals surface area contributed by atoms with Crippen molar-refractivity contribution in [2.24, 2.45) is 11.3 Å². The number of aliphatic hydroxyl groups excluding tert-OH is 1. The van der Waals surface area contributed by atoms with Crippen molar-refractivity contribution < 1.29 is 14.7 Å². The van der Waals surface area contributed by atoms with Gasteiger partial charge in [-0.2, -0.15) is 0 Å². The molecule has 0 radical (unpaired) electrons. The van der Waals surface area contributed by atoms with Gasteiger partial charge in [0.15, 0.2) is 11.6 Å². The van der Waals surface area contributed by atoms with Crippen molar-refractivity contribution in [1.82, 2.24) is 0 Å². The van der Waals surface area contributed by atoms with E-state index in [4.69, 9.17) is 0 Å². The molecule has 4 aliphatic carbocycles. The van der Waals surface area contributed by atoms with E-state index in [0.29, 0.717) is 0 Å². The maximum atomic E-state index is 13.7. The number of carbonyl (C=O) groups is 2. The van der Waals surface area contributed by atoms with Crippen LogP contribution in [0.1, 0.15) is 41.7 Å². The highest BCUT2D eigenvalue weighted by atomic mass is 16.3. The van der Waals surface area contributed by atoms with Crippen LogP contribution in [0, 0.1) is 11.3 Å². The predicted molar refractivity (Wildman–Crippen MR) is 96.0 cm³/mol. The fraction of sp³-hybridized carbons (Fsp3) is 0.391. The minimum atomic E-state index is -1.25. The first-order chi connectivity index (χ1) is 12.4. The van der Waals surface area contributed by atoms with Gasteiger partial charge in [0.05, 0.1) is 10.8 Å². The topological polar surface area (TPSA) is 54.4 Å². The molecule has 3 nitrogen and oxygen atoms in total. The number of hydrogen-bond donors (Lipinski definition) is 1. The summed E-state index contributed by atoms with van der Waals surface area (Å²) < 4.78 is 0. The van der Waals surface area contributed by atoms with E-state index in [9.17, 15) is 14.7 Å². The summed E-state index contributed by atoms with van der Waals surface area (Å²) in [4.78, 5) is 27.0. The van der Waals surface area contributed by atoms with Crippen LogP contribution in [0.5, 0.6) is 0 Å². The van der Waals surface area contributed by atoms with Crippen molar-refractivity contribution >= 4 is 11.6 Å². The largest absolute Gasteiger partial charge is 0.384 e. The second kappa shape index (κ2) is 4.01. The number of aliphatic hydroxyl groups is 1. The third kappa shape index (κ3) is 1.14. The third-order valence-corrected chi connectivity index (χ3v) is 8.00. The fourth-order valence-electron chi connectivity index (χ4n) is 6.88. The van der Waals surface area contributed by atoms with E-state index in [1.54, 1.807) is 6.92 Å². The normalized spacial score (nSPS) is 41.2. The Labute approximate surface area is 152 Å².